The molecule has 0 aliphatic heterocycles. The van der Waals surface area contributed by atoms with E-state index in [1.54, 1.807) is 21.0 Å². The number of hydrogen-bond acceptors (Lipinski definition) is 11. The fourth-order valence-electron chi connectivity index (χ4n) is 1.02. The first-order chi connectivity index (χ1) is 10.3. The number of aromatic nitrogens is 4. The Bertz CT molecular complexity index is 640. The van der Waals surface area contributed by atoms with Crippen molar-refractivity contribution in [1.29, 1.82) is 0 Å². The number of nitrogens with two attached hydrogens (primary N) is 2. The summed E-state index contributed by atoms with van der Waals surface area (Å²) in [6.45, 7) is 2.06. The maximum Gasteiger partial charge on any atom is 0.369 e. The van der Waals surface area contributed by atoms with E-state index in [0.29, 0.717) is 16.7 Å². The first kappa shape index (κ1) is 17.7. The number of ether oxygens (including phenoxy) is 1. The Balaban J connectivity index is 0.000000220. The monoisotopic (exact) mass is 345 g/mol. The number of anilines is 2. The third-order valence-electron chi connectivity index (χ3n) is 1.92. The van der Waals surface area contributed by atoms with Crippen LogP contribution >= 0.6 is 22.7 Å². The summed E-state index contributed by atoms with van der Waals surface area (Å²) < 4.78 is 4.65. The zero-order valence-corrected chi connectivity index (χ0v) is 13.8. The Morgan fingerprint density at radius 1 is 1.05 bits per heavy atom. The van der Waals surface area contributed by atoms with Gasteiger partial charge in [-0.05, 0) is 6.92 Å². The summed E-state index contributed by atoms with van der Waals surface area (Å²) in [7, 11) is 3.31. The van der Waals surface area contributed by atoms with Crippen molar-refractivity contribution in [2.45, 2.75) is 6.92 Å². The molecule has 2 heterocycles. The van der Waals surface area contributed by atoms with Crippen LogP contribution in [0.1, 0.15) is 26.5 Å². The quantitative estimate of drug-likeness (QED) is 0.739. The molecule has 120 valence electrons. The average molecular weight is 345 g/mol. The highest BCUT2D eigenvalue weighted by molar-refractivity contribution is 7.17. The molecule has 0 spiro atoms. The maximum atomic E-state index is 11.1. The van der Waals surface area contributed by atoms with Crippen molar-refractivity contribution in [1.82, 2.24) is 25.3 Å². The van der Waals surface area contributed by atoms with Crippen molar-refractivity contribution in [2.24, 2.45) is 0 Å². The molecule has 2 aromatic heterocycles. The minimum atomic E-state index is -0.471. The van der Waals surface area contributed by atoms with Gasteiger partial charge < -0.3 is 21.1 Å². The largest absolute Gasteiger partial charge is 0.461 e. The minimum absolute atomic E-state index is 0.167. The smallest absolute Gasteiger partial charge is 0.369 e. The molecular formula is C10H15N7O3S2. The lowest BCUT2D eigenvalue weighted by Crippen LogP contribution is -2.21. The van der Waals surface area contributed by atoms with Gasteiger partial charge in [-0.25, -0.2) is 4.79 Å². The van der Waals surface area contributed by atoms with Crippen LogP contribution in [0.4, 0.5) is 10.3 Å². The number of esters is 1. The number of nitrogens with zero attached hydrogens (tertiary/aromatic N) is 5. The van der Waals surface area contributed by atoms with E-state index in [-0.39, 0.29) is 16.0 Å². The minimum Gasteiger partial charge on any atom is -0.461 e. The molecule has 0 saturated heterocycles. The lowest BCUT2D eigenvalue weighted by molar-refractivity contribution is 0.0524. The molecule has 0 aromatic carbocycles. The van der Waals surface area contributed by atoms with E-state index in [4.69, 9.17) is 11.5 Å². The van der Waals surface area contributed by atoms with Gasteiger partial charge in [-0.2, -0.15) is 0 Å². The Labute approximate surface area is 134 Å². The van der Waals surface area contributed by atoms with Gasteiger partial charge in [0, 0.05) is 14.1 Å². The summed E-state index contributed by atoms with van der Waals surface area (Å²) >= 11 is 2.11. The van der Waals surface area contributed by atoms with Gasteiger partial charge in [0.25, 0.3) is 5.91 Å². The van der Waals surface area contributed by atoms with E-state index in [1.165, 1.54) is 4.90 Å². The van der Waals surface area contributed by atoms with Crippen LogP contribution in [-0.2, 0) is 4.74 Å². The number of nitrogen functional groups attached to an aromatic ring is 2. The molecule has 2 aromatic rings. The number of amides is 1. The molecule has 0 unspecified atom stereocenters. The van der Waals surface area contributed by atoms with Crippen LogP contribution in [0.3, 0.4) is 0 Å². The number of carbonyl (C=O) groups excluding carboxylic acids is 2. The van der Waals surface area contributed by atoms with Crippen molar-refractivity contribution >= 4 is 44.8 Å². The molecule has 2 rings (SSSR count). The summed E-state index contributed by atoms with van der Waals surface area (Å²) in [4.78, 5) is 23.5. The second-order valence-electron chi connectivity index (χ2n) is 3.81. The zero-order chi connectivity index (χ0) is 16.7. The molecule has 4 N–H and O–H groups in total. The highest BCUT2D eigenvalue weighted by atomic mass is 32.1. The van der Waals surface area contributed by atoms with E-state index in [0.717, 1.165) is 22.7 Å². The first-order valence-corrected chi connectivity index (χ1v) is 7.55. The van der Waals surface area contributed by atoms with E-state index in [2.05, 4.69) is 25.1 Å². The van der Waals surface area contributed by atoms with Crippen LogP contribution in [0.5, 0.6) is 0 Å². The third kappa shape index (κ3) is 5.21. The van der Waals surface area contributed by atoms with Gasteiger partial charge in [-0.3, -0.25) is 4.79 Å². The van der Waals surface area contributed by atoms with Crippen molar-refractivity contribution in [3.8, 4) is 0 Å². The lowest BCUT2D eigenvalue weighted by atomic mass is 10.6. The molecule has 0 bridgehead atoms. The summed E-state index contributed by atoms with van der Waals surface area (Å²) in [6.07, 6.45) is 0. The van der Waals surface area contributed by atoms with E-state index in [9.17, 15) is 9.59 Å². The van der Waals surface area contributed by atoms with Crippen LogP contribution in [0.15, 0.2) is 0 Å². The lowest BCUT2D eigenvalue weighted by Gasteiger charge is -2.05. The topological polar surface area (TPSA) is 150 Å². The van der Waals surface area contributed by atoms with Gasteiger partial charge in [0.15, 0.2) is 0 Å². The molecule has 0 saturated carbocycles. The fraction of sp³-hybridized carbons (Fsp3) is 0.400. The molecule has 0 atom stereocenters. The molecule has 1 amide bonds. The van der Waals surface area contributed by atoms with Gasteiger partial charge in [0.05, 0.1) is 6.61 Å². The number of carbonyl (C=O) groups is 2. The molecule has 0 aliphatic carbocycles. The maximum absolute atomic E-state index is 11.1. The average Bonchev–Trinajstić information content (AvgIpc) is 3.07. The second-order valence-corrected chi connectivity index (χ2v) is 5.83. The number of hydrogen-bond donors (Lipinski definition) is 2. The predicted molar refractivity (Wildman–Crippen MR) is 82.6 cm³/mol. The molecule has 0 fully saturated rings. The Kier molecular flexibility index (Phi) is 6.59. The molecule has 12 heteroatoms. The fourth-order valence-corrected chi connectivity index (χ4v) is 2.16. The molecule has 0 aliphatic rings. The Morgan fingerprint density at radius 3 is 1.91 bits per heavy atom. The van der Waals surface area contributed by atoms with Crippen molar-refractivity contribution in [3.05, 3.63) is 10.0 Å². The Morgan fingerprint density at radius 2 is 1.55 bits per heavy atom. The zero-order valence-electron chi connectivity index (χ0n) is 12.1. The standard InChI is InChI=1S/C5H8N4OS.C5H7N3O2S/c1-9(2)4(10)3-7-8-5(6)11-3;1-2-10-4(9)3-7-8-5(6)11-3/h1-2H3,(H2,6,8);2H2,1H3,(H2,6,8). The van der Waals surface area contributed by atoms with Gasteiger partial charge in [0.2, 0.25) is 20.3 Å². The van der Waals surface area contributed by atoms with Crippen molar-refractivity contribution in [2.75, 3.05) is 32.2 Å². The van der Waals surface area contributed by atoms with Crippen molar-refractivity contribution < 1.29 is 14.3 Å². The molecule has 10 nitrogen and oxygen atoms in total. The summed E-state index contributed by atoms with van der Waals surface area (Å²) in [5.41, 5.74) is 10.5. The molecule has 0 radical (unpaired) electrons. The number of rotatable bonds is 3. The predicted octanol–water partition coefficient (Wildman–Crippen LogP) is 0.119. The Hall–Kier alpha value is -2.34. The van der Waals surface area contributed by atoms with Crippen LogP contribution < -0.4 is 11.5 Å². The third-order valence-corrected chi connectivity index (χ3v) is 3.39. The SMILES string of the molecule is CCOC(=O)c1nnc(N)s1.CN(C)C(=O)c1nnc(N)s1. The van der Waals surface area contributed by atoms with Crippen LogP contribution in [0, 0.1) is 0 Å². The van der Waals surface area contributed by atoms with Gasteiger partial charge in [-0.15, -0.1) is 20.4 Å². The van der Waals surface area contributed by atoms with E-state index in [1.807, 2.05) is 0 Å². The van der Waals surface area contributed by atoms with E-state index < -0.39 is 5.97 Å². The van der Waals surface area contributed by atoms with Crippen LogP contribution in [0.25, 0.3) is 0 Å². The summed E-state index contributed by atoms with van der Waals surface area (Å²) in [6, 6.07) is 0. The van der Waals surface area contributed by atoms with Gasteiger partial charge in [-0.1, -0.05) is 22.7 Å². The summed E-state index contributed by atoms with van der Waals surface area (Å²) in [5, 5.41) is 15.2. The van der Waals surface area contributed by atoms with Gasteiger partial charge in [0.1, 0.15) is 0 Å². The normalized spacial score (nSPS) is 9.59. The first-order valence-electron chi connectivity index (χ1n) is 5.91. The van der Waals surface area contributed by atoms with E-state index >= 15 is 0 Å². The van der Waals surface area contributed by atoms with Crippen LogP contribution in [-0.4, -0.2) is 57.9 Å². The highest BCUT2D eigenvalue weighted by Crippen LogP contribution is 2.12. The van der Waals surface area contributed by atoms with Crippen LogP contribution in [0.2, 0.25) is 0 Å². The highest BCUT2D eigenvalue weighted by Gasteiger charge is 2.12. The second kappa shape index (κ2) is 8.19. The van der Waals surface area contributed by atoms with Gasteiger partial charge >= 0.3 is 5.97 Å². The molecule has 22 heavy (non-hydrogen) atoms. The summed E-state index contributed by atoms with van der Waals surface area (Å²) in [5.74, 6) is -0.638. The molecular weight excluding hydrogens is 330 g/mol. The van der Waals surface area contributed by atoms with Crippen molar-refractivity contribution in [3.63, 3.8) is 0 Å².